The number of hydrogen-bond donors (Lipinski definition) is 4. The van der Waals surface area contributed by atoms with Gasteiger partial charge in [0.15, 0.2) is 0 Å². The molecule has 6 heteroatoms. The lowest BCUT2D eigenvalue weighted by atomic mass is 10.0. The van der Waals surface area contributed by atoms with Crippen molar-refractivity contribution in [2.75, 3.05) is 5.75 Å². The highest BCUT2D eigenvalue weighted by atomic mass is 32.1. The molecule has 0 aliphatic carbocycles. The fourth-order valence-electron chi connectivity index (χ4n) is 1.14. The van der Waals surface area contributed by atoms with Crippen molar-refractivity contribution in [1.82, 2.24) is 0 Å². The van der Waals surface area contributed by atoms with E-state index >= 15 is 0 Å². The van der Waals surface area contributed by atoms with E-state index in [0.717, 1.165) is 0 Å². The van der Waals surface area contributed by atoms with Gasteiger partial charge in [0.05, 0.1) is 6.04 Å². The van der Waals surface area contributed by atoms with Gasteiger partial charge in [-0.25, -0.2) is 0 Å². The largest absolute Gasteiger partial charge is 0.480 e. The zero-order valence-corrected chi connectivity index (χ0v) is 9.45. The smallest absolute Gasteiger partial charge is 0.320 e. The van der Waals surface area contributed by atoms with E-state index in [4.69, 9.17) is 16.6 Å². The van der Waals surface area contributed by atoms with Crippen molar-refractivity contribution in [3.63, 3.8) is 0 Å². The zero-order valence-electron chi connectivity index (χ0n) is 8.56. The molecule has 5 nitrogen and oxygen atoms in total. The van der Waals surface area contributed by atoms with E-state index in [0.29, 0.717) is 31.4 Å². The molecule has 0 aromatic heterocycles. The molecule has 0 heterocycles. The molecule has 0 aromatic rings. The molecule has 1 unspecified atom stereocenters. The van der Waals surface area contributed by atoms with Crippen LogP contribution in [0.5, 0.6) is 0 Å². The Kier molecular flexibility index (Phi) is 7.37. The summed E-state index contributed by atoms with van der Waals surface area (Å²) < 4.78 is 0. The van der Waals surface area contributed by atoms with Gasteiger partial charge in [0, 0.05) is 6.42 Å². The van der Waals surface area contributed by atoms with Crippen molar-refractivity contribution in [2.24, 2.45) is 11.5 Å². The molecule has 88 valence electrons. The monoisotopic (exact) mass is 234 g/mol. The fourth-order valence-corrected chi connectivity index (χ4v) is 1.36. The van der Waals surface area contributed by atoms with E-state index in [9.17, 15) is 9.59 Å². The van der Waals surface area contributed by atoms with Gasteiger partial charge in [0.1, 0.15) is 11.8 Å². The Bertz CT molecular complexity index is 223. The van der Waals surface area contributed by atoms with Crippen molar-refractivity contribution < 1.29 is 14.7 Å². The Morgan fingerprint density at radius 3 is 2.20 bits per heavy atom. The minimum Gasteiger partial charge on any atom is -0.480 e. The summed E-state index contributed by atoms with van der Waals surface area (Å²) in [5, 5.41) is 8.51. The second-order valence-corrected chi connectivity index (χ2v) is 3.87. The first kappa shape index (κ1) is 14.4. The lowest BCUT2D eigenvalue weighted by molar-refractivity contribution is -0.138. The molecule has 15 heavy (non-hydrogen) atoms. The lowest BCUT2D eigenvalue weighted by Gasteiger charge is -2.10. The van der Waals surface area contributed by atoms with Crippen LogP contribution >= 0.6 is 12.6 Å². The van der Waals surface area contributed by atoms with E-state index in [-0.39, 0.29) is 5.78 Å². The highest BCUT2D eigenvalue weighted by molar-refractivity contribution is 7.80. The van der Waals surface area contributed by atoms with Crippen molar-refractivity contribution in [3.05, 3.63) is 0 Å². The Labute approximate surface area is 94.6 Å². The van der Waals surface area contributed by atoms with Crippen molar-refractivity contribution >= 4 is 24.4 Å². The summed E-state index contributed by atoms with van der Waals surface area (Å²) in [6.07, 6.45) is 1.73. The van der Waals surface area contributed by atoms with E-state index in [1.54, 1.807) is 0 Å². The number of hydrogen-bond acceptors (Lipinski definition) is 5. The first-order valence-corrected chi connectivity index (χ1v) is 5.49. The molecule has 0 saturated heterocycles. The number of carboxylic acids is 1. The molecule has 0 aliphatic rings. The van der Waals surface area contributed by atoms with Gasteiger partial charge in [0.2, 0.25) is 0 Å². The second kappa shape index (κ2) is 7.67. The number of carbonyl (C=O) groups is 2. The van der Waals surface area contributed by atoms with E-state index in [1.807, 2.05) is 0 Å². The van der Waals surface area contributed by atoms with Crippen molar-refractivity contribution in [3.8, 4) is 0 Å². The van der Waals surface area contributed by atoms with Crippen LogP contribution in [-0.2, 0) is 9.59 Å². The van der Waals surface area contributed by atoms with Crippen LogP contribution in [0.4, 0.5) is 0 Å². The number of aliphatic carboxylic acids is 1. The number of carbonyl (C=O) groups excluding carboxylic acids is 1. The predicted octanol–water partition coefficient (Wildman–Crippen LogP) is -0.215. The van der Waals surface area contributed by atoms with Crippen LogP contribution in [0.3, 0.4) is 0 Å². The van der Waals surface area contributed by atoms with E-state index in [2.05, 4.69) is 12.6 Å². The molecular weight excluding hydrogens is 216 g/mol. The minimum absolute atomic E-state index is 0.0334. The summed E-state index contributed by atoms with van der Waals surface area (Å²) in [5.74, 6) is -0.569. The van der Waals surface area contributed by atoms with Crippen LogP contribution in [0.1, 0.15) is 25.7 Å². The molecule has 0 saturated carbocycles. The summed E-state index contributed by atoms with van der Waals surface area (Å²) in [6, 6.07) is -1.38. The molecule has 5 N–H and O–H groups in total. The van der Waals surface area contributed by atoms with Gasteiger partial charge in [-0.1, -0.05) is 0 Å². The Morgan fingerprint density at radius 1 is 1.20 bits per heavy atom. The quantitative estimate of drug-likeness (QED) is 0.435. The Balaban J connectivity index is 3.67. The number of carboxylic acid groups (broad SMARTS) is 1. The highest BCUT2D eigenvalue weighted by Gasteiger charge is 2.15. The maximum atomic E-state index is 11.2. The van der Waals surface area contributed by atoms with Gasteiger partial charge in [-0.15, -0.1) is 0 Å². The molecular formula is C9H18N2O3S. The van der Waals surface area contributed by atoms with Crippen LogP contribution in [0.25, 0.3) is 0 Å². The average Bonchev–Trinajstić information content (AvgIpc) is 2.17. The number of Topliss-reactive ketones (excluding diaryl/α,β-unsaturated/α-hetero) is 1. The third-order valence-electron chi connectivity index (χ3n) is 2.12. The number of nitrogens with two attached hydrogens (primary N) is 2. The van der Waals surface area contributed by atoms with Gasteiger partial charge in [0.25, 0.3) is 0 Å². The highest BCUT2D eigenvalue weighted by Crippen LogP contribution is 2.04. The normalized spacial score (nSPS) is 14.6. The maximum Gasteiger partial charge on any atom is 0.320 e. The number of thiol groups is 1. The van der Waals surface area contributed by atoms with Gasteiger partial charge < -0.3 is 16.6 Å². The number of ketones is 1. The summed E-state index contributed by atoms with van der Waals surface area (Å²) in [5.41, 5.74) is 10.9. The van der Waals surface area contributed by atoms with Gasteiger partial charge >= 0.3 is 5.97 Å². The SMILES string of the molecule is NC(CCC[C@H](N)C(=O)O)C(=O)CCS. The molecule has 0 spiro atoms. The third kappa shape index (κ3) is 6.48. The minimum atomic E-state index is -1.02. The second-order valence-electron chi connectivity index (χ2n) is 3.42. The Hall–Kier alpha value is -0.590. The van der Waals surface area contributed by atoms with Crippen molar-refractivity contribution in [2.45, 2.75) is 37.8 Å². The summed E-state index contributed by atoms with van der Waals surface area (Å²) in [4.78, 5) is 21.6. The lowest BCUT2D eigenvalue weighted by Crippen LogP contribution is -2.33. The number of rotatable bonds is 8. The van der Waals surface area contributed by atoms with Crippen LogP contribution < -0.4 is 11.5 Å². The first-order valence-electron chi connectivity index (χ1n) is 4.86. The standard InChI is InChI=1S/C9H18N2O3S/c10-6(8(12)4-5-15)2-1-3-7(11)9(13)14/h6-7,15H,1-5,10-11H2,(H,13,14)/t6?,7-/m0/s1. The molecule has 0 radical (unpaired) electrons. The molecule has 0 fully saturated rings. The van der Waals surface area contributed by atoms with Crippen LogP contribution in [0.2, 0.25) is 0 Å². The maximum absolute atomic E-state index is 11.2. The van der Waals surface area contributed by atoms with E-state index < -0.39 is 18.1 Å². The van der Waals surface area contributed by atoms with Gasteiger partial charge in [-0.05, 0) is 25.0 Å². The molecule has 0 aliphatic heterocycles. The summed E-state index contributed by atoms with van der Waals surface area (Å²) >= 11 is 3.93. The van der Waals surface area contributed by atoms with Crippen molar-refractivity contribution in [1.29, 1.82) is 0 Å². The van der Waals surface area contributed by atoms with Gasteiger partial charge in [-0.3, -0.25) is 9.59 Å². The van der Waals surface area contributed by atoms with Gasteiger partial charge in [-0.2, -0.15) is 12.6 Å². The zero-order chi connectivity index (χ0) is 11.8. The molecule has 0 bridgehead atoms. The van der Waals surface area contributed by atoms with E-state index in [1.165, 1.54) is 0 Å². The fraction of sp³-hybridized carbons (Fsp3) is 0.778. The predicted molar refractivity (Wildman–Crippen MR) is 60.9 cm³/mol. The summed E-state index contributed by atoms with van der Waals surface area (Å²) in [6.45, 7) is 0. The van der Waals surface area contributed by atoms with Crippen LogP contribution in [0, 0.1) is 0 Å². The van der Waals surface area contributed by atoms with Crippen LogP contribution in [-0.4, -0.2) is 34.7 Å². The molecule has 0 rings (SSSR count). The third-order valence-corrected chi connectivity index (χ3v) is 2.34. The molecule has 2 atom stereocenters. The molecule has 0 amide bonds. The Morgan fingerprint density at radius 2 is 1.73 bits per heavy atom. The molecule has 0 aromatic carbocycles. The van der Waals surface area contributed by atoms with Crippen LogP contribution in [0.15, 0.2) is 0 Å². The summed E-state index contributed by atoms with van der Waals surface area (Å²) in [7, 11) is 0. The first-order chi connectivity index (χ1) is 6.99. The topological polar surface area (TPSA) is 106 Å². The average molecular weight is 234 g/mol.